The summed E-state index contributed by atoms with van der Waals surface area (Å²) in [5.41, 5.74) is 4.16. The van der Waals surface area contributed by atoms with Gasteiger partial charge in [0.15, 0.2) is 23.0 Å². The number of amides is 1. The predicted molar refractivity (Wildman–Crippen MR) is 148 cm³/mol. The van der Waals surface area contributed by atoms with Gasteiger partial charge in [0, 0.05) is 38.3 Å². The molecule has 13 nitrogen and oxygen atoms in total. The van der Waals surface area contributed by atoms with E-state index in [2.05, 4.69) is 4.72 Å². The second-order valence-corrected chi connectivity index (χ2v) is 13.7. The van der Waals surface area contributed by atoms with Crippen LogP contribution in [0.4, 0.5) is 5.69 Å². The lowest BCUT2D eigenvalue weighted by Gasteiger charge is -2.55. The highest BCUT2D eigenvalue weighted by Gasteiger charge is 2.69. The molecular formula is C27H38N4O9S. The molecule has 0 aliphatic heterocycles. The summed E-state index contributed by atoms with van der Waals surface area (Å²) >= 11 is 0. The van der Waals surface area contributed by atoms with Crippen molar-refractivity contribution in [1.82, 2.24) is 9.62 Å². The van der Waals surface area contributed by atoms with E-state index in [1.807, 2.05) is 0 Å². The lowest BCUT2D eigenvalue weighted by atomic mass is 9.52. The first-order valence-corrected chi connectivity index (χ1v) is 15.3. The maximum Gasteiger partial charge on any atom is 0.230 e. The summed E-state index contributed by atoms with van der Waals surface area (Å²) < 4.78 is 25.2. The second-order valence-electron chi connectivity index (χ2n) is 11.9. The number of rotatable bonds is 8. The van der Waals surface area contributed by atoms with Gasteiger partial charge in [-0.25, -0.2) is 13.1 Å². The third-order valence-electron chi connectivity index (χ3n) is 8.81. The summed E-state index contributed by atoms with van der Waals surface area (Å²) in [6, 6.07) is 0.762. The topological polar surface area (TPSA) is 208 Å². The number of nitrogens with one attached hydrogen (secondary N) is 1. The molecular weight excluding hydrogens is 556 g/mol. The second kappa shape index (κ2) is 10.7. The van der Waals surface area contributed by atoms with Crippen molar-refractivity contribution in [3.05, 3.63) is 22.8 Å². The average Bonchev–Trinajstić information content (AvgIpc) is 2.83. The monoisotopic (exact) mass is 594 g/mol. The minimum atomic E-state index is -3.41. The molecule has 4 rings (SSSR count). The molecule has 1 amide bonds. The molecule has 2 saturated carbocycles. The smallest absolute Gasteiger partial charge is 0.230 e. The number of benzene rings is 1. The maximum absolute atomic E-state index is 14.0. The quantitative estimate of drug-likeness (QED) is 0.168. The largest absolute Gasteiger partial charge is 0.507 e. The van der Waals surface area contributed by atoms with Crippen LogP contribution in [0.2, 0.25) is 0 Å². The number of aromatic hydroxyl groups is 1. The molecule has 41 heavy (non-hydrogen) atoms. The maximum atomic E-state index is 14.0. The lowest BCUT2D eigenvalue weighted by molar-refractivity contribution is -0.190. The Morgan fingerprint density at radius 1 is 1.17 bits per heavy atom. The van der Waals surface area contributed by atoms with Crippen molar-refractivity contribution in [2.75, 3.05) is 45.9 Å². The number of aliphatic hydroxyl groups is 2. The minimum Gasteiger partial charge on any atom is -0.507 e. The van der Waals surface area contributed by atoms with Crippen molar-refractivity contribution in [3.63, 3.8) is 0 Å². The fourth-order valence-corrected chi connectivity index (χ4v) is 7.56. The van der Waals surface area contributed by atoms with Crippen LogP contribution in [0.3, 0.4) is 0 Å². The summed E-state index contributed by atoms with van der Waals surface area (Å²) in [5.74, 6) is -9.55. The van der Waals surface area contributed by atoms with Gasteiger partial charge in [0.25, 0.3) is 0 Å². The third kappa shape index (κ3) is 5.05. The summed E-state index contributed by atoms with van der Waals surface area (Å²) in [6.07, 6.45) is 0.242. The third-order valence-corrected chi connectivity index (χ3v) is 9.54. The van der Waals surface area contributed by atoms with E-state index >= 15 is 0 Å². The van der Waals surface area contributed by atoms with E-state index in [0.29, 0.717) is 23.2 Å². The molecule has 0 heterocycles. The number of carbonyl (C=O) groups excluding carboxylic acids is 4. The average molecular weight is 595 g/mol. The van der Waals surface area contributed by atoms with E-state index in [1.165, 1.54) is 4.90 Å². The zero-order valence-electron chi connectivity index (χ0n) is 23.7. The van der Waals surface area contributed by atoms with Gasteiger partial charge in [-0.3, -0.25) is 19.2 Å². The van der Waals surface area contributed by atoms with Crippen LogP contribution >= 0.6 is 0 Å². The van der Waals surface area contributed by atoms with Gasteiger partial charge in [0.05, 0.1) is 23.8 Å². The molecule has 0 saturated heterocycles. The molecule has 3 aliphatic carbocycles. The Bertz CT molecular complexity index is 1410. The number of phenols is 1. The Morgan fingerprint density at radius 3 is 2.34 bits per heavy atom. The van der Waals surface area contributed by atoms with Crippen LogP contribution in [-0.2, 0) is 37.2 Å². The molecule has 3 aliphatic rings. The van der Waals surface area contributed by atoms with Gasteiger partial charge in [0.1, 0.15) is 11.7 Å². The van der Waals surface area contributed by atoms with Gasteiger partial charge in [-0.15, -0.1) is 0 Å². The number of sulfonamides is 1. The van der Waals surface area contributed by atoms with Crippen molar-refractivity contribution in [2.45, 2.75) is 43.4 Å². The number of hydrogen-bond acceptors (Lipinski definition) is 11. The van der Waals surface area contributed by atoms with Crippen LogP contribution in [0, 0.1) is 23.7 Å². The molecule has 2 fully saturated rings. The summed E-state index contributed by atoms with van der Waals surface area (Å²) in [7, 11) is 3.32. The Labute approximate surface area is 238 Å². The first kappa shape index (κ1) is 31.0. The minimum absolute atomic E-state index is 0.0295. The number of hydrogen-bond donors (Lipinski definition) is 5. The van der Waals surface area contributed by atoms with Crippen molar-refractivity contribution in [3.8, 4) is 5.75 Å². The van der Waals surface area contributed by atoms with Crippen LogP contribution < -0.4 is 15.4 Å². The van der Waals surface area contributed by atoms with Crippen LogP contribution in [0.15, 0.2) is 6.07 Å². The van der Waals surface area contributed by atoms with E-state index in [1.54, 1.807) is 39.2 Å². The van der Waals surface area contributed by atoms with Crippen molar-refractivity contribution >= 4 is 39.0 Å². The van der Waals surface area contributed by atoms with Crippen LogP contribution in [0.1, 0.15) is 34.3 Å². The molecule has 0 radical (unpaired) electrons. The van der Waals surface area contributed by atoms with E-state index in [0.717, 1.165) is 6.26 Å². The van der Waals surface area contributed by atoms with Crippen molar-refractivity contribution in [1.29, 1.82) is 0 Å². The highest BCUT2D eigenvalue weighted by atomic mass is 32.2. The normalized spacial score (nSPS) is 31.5. The fourth-order valence-electron chi connectivity index (χ4n) is 7.05. The predicted octanol–water partition coefficient (Wildman–Crippen LogP) is -1.79. The molecule has 0 spiro atoms. The van der Waals surface area contributed by atoms with Gasteiger partial charge >= 0.3 is 0 Å². The summed E-state index contributed by atoms with van der Waals surface area (Å²) in [5, 5.41) is 34.0. The zero-order chi connectivity index (χ0) is 30.8. The highest BCUT2D eigenvalue weighted by Crippen LogP contribution is 2.52. The van der Waals surface area contributed by atoms with Crippen molar-refractivity contribution < 1.29 is 42.9 Å². The molecule has 3 unspecified atom stereocenters. The van der Waals surface area contributed by atoms with Gasteiger partial charge in [0.2, 0.25) is 15.9 Å². The van der Waals surface area contributed by atoms with Gasteiger partial charge < -0.3 is 30.9 Å². The van der Waals surface area contributed by atoms with Gasteiger partial charge in [-0.2, -0.15) is 0 Å². The molecule has 226 valence electrons. The Balaban J connectivity index is 1.79. The van der Waals surface area contributed by atoms with Crippen molar-refractivity contribution in [2.24, 2.45) is 29.4 Å². The molecule has 0 bridgehead atoms. The Hall–Kier alpha value is -2.91. The van der Waals surface area contributed by atoms with E-state index in [4.69, 9.17) is 5.73 Å². The first-order valence-electron chi connectivity index (χ1n) is 13.4. The number of nitrogens with two attached hydrogens (primary N) is 1. The summed E-state index contributed by atoms with van der Waals surface area (Å²) in [4.78, 5) is 57.0. The number of aliphatic hydroxyl groups excluding tert-OH is 1. The van der Waals surface area contributed by atoms with Gasteiger partial charge in [-0.1, -0.05) is 0 Å². The van der Waals surface area contributed by atoms with Gasteiger partial charge in [-0.05, 0) is 62.9 Å². The molecule has 1 aromatic rings. The lowest BCUT2D eigenvalue weighted by Crippen LogP contribution is -2.75. The first-order chi connectivity index (χ1) is 18.9. The number of likely N-dealkylation sites (N-methyl/N-ethyl adjacent to an activating group) is 1. The number of phenolic OH excluding ortho intramolecular Hbond substituents is 1. The molecule has 1 aromatic carbocycles. The van der Waals surface area contributed by atoms with E-state index in [9.17, 15) is 42.9 Å². The number of nitrogens with zero attached hydrogens (tertiary/aromatic N) is 2. The Morgan fingerprint density at radius 2 is 1.80 bits per heavy atom. The molecule has 0 aromatic heterocycles. The van der Waals surface area contributed by atoms with E-state index < -0.39 is 74.7 Å². The number of aryl methyl sites for hydroxylation is 1. The molecule has 7 atom stereocenters. The van der Waals surface area contributed by atoms with E-state index in [-0.39, 0.29) is 37.1 Å². The number of primary amides is 1. The number of fused-ring (bicyclic) bond motifs is 3. The number of ketones is 3. The zero-order valence-corrected chi connectivity index (χ0v) is 24.6. The fraction of sp³-hybridized carbons (Fsp3) is 0.630. The Kier molecular flexibility index (Phi) is 8.12. The molecule has 14 heteroatoms. The van der Waals surface area contributed by atoms with Crippen LogP contribution in [0.25, 0.3) is 0 Å². The SMILES string of the molecule is CN(C)c1cc(CCCNS(C)(=O)=O)c(O)c2c1C[C@@H]1C[C@@H]3[C@@H](N(C)C)C(O)C(C(N)=O)C(=O)[C@]3(O)C(=O)C1C2=O. The number of carbonyl (C=O) groups is 4. The molecule has 6 N–H and O–H groups in total. The van der Waals surface area contributed by atoms with Crippen LogP contribution in [0.5, 0.6) is 5.75 Å². The van der Waals surface area contributed by atoms with Crippen LogP contribution in [-0.4, -0.2) is 111 Å². The standard InChI is InChI=1S/C27H38N4O9S/c1-30(2)16-11-12(7-6-8-29-41(5,39)40)21(32)18-14(16)9-13-10-15-20(31(3)4)23(34)19(26(28)37)25(36)27(15,38)24(35)17(13)22(18)33/h11,13,15,17,19-20,23,29,32,34,38H,6-10H2,1-5H3,(H2,28,37)/t13-,15-,17?,19?,20-,23?,27-/m1/s1. The highest BCUT2D eigenvalue weighted by molar-refractivity contribution is 7.88. The number of anilines is 1. The number of Topliss-reactive ketones (excluding diaryl/α,β-unsaturated/α-hetero) is 3. The summed E-state index contributed by atoms with van der Waals surface area (Å²) in [6.45, 7) is 0.111.